The van der Waals surface area contributed by atoms with Gasteiger partial charge in [-0.3, -0.25) is 14.9 Å². The summed E-state index contributed by atoms with van der Waals surface area (Å²) in [5.74, 6) is -0.489. The van der Waals surface area contributed by atoms with Crippen LogP contribution in [0.2, 0.25) is 0 Å². The molecule has 1 N–H and O–H groups in total. The highest BCUT2D eigenvalue weighted by atomic mass is 32.1. The molecular formula is C19H16FN3O4S. The summed E-state index contributed by atoms with van der Waals surface area (Å²) in [7, 11) is 0. The van der Waals surface area contributed by atoms with Gasteiger partial charge in [-0.2, -0.15) is 0 Å². The second-order valence-electron chi connectivity index (χ2n) is 5.75. The number of nitrogens with one attached hydrogen (secondary N) is 1. The quantitative estimate of drug-likeness (QED) is 0.467. The molecule has 3 rings (SSSR count). The van der Waals surface area contributed by atoms with Crippen LogP contribution in [0.5, 0.6) is 5.75 Å². The highest BCUT2D eigenvalue weighted by Crippen LogP contribution is 2.26. The standard InChI is InChI=1S/C19H16FN3O4S/c1-2-27-15-6-3-12(4-7-15)19-21-13(11-28-19)9-18(24)22-17-10-14(23(25)26)5-8-16(17)20/h3-8,10-11H,2,9H2,1H3,(H,22,24). The van der Waals surface area contributed by atoms with Crippen LogP contribution in [0.4, 0.5) is 15.8 Å². The fraction of sp³-hybridized carbons (Fsp3) is 0.158. The van der Waals surface area contributed by atoms with Gasteiger partial charge in [0.05, 0.1) is 29.3 Å². The number of hydrogen-bond donors (Lipinski definition) is 1. The summed E-state index contributed by atoms with van der Waals surface area (Å²) in [6, 6.07) is 10.4. The SMILES string of the molecule is CCOc1ccc(-c2nc(CC(=O)Nc3cc([N+](=O)[O-])ccc3F)cs2)cc1. The summed E-state index contributed by atoms with van der Waals surface area (Å²) in [5, 5.41) is 15.6. The van der Waals surface area contributed by atoms with E-state index >= 15 is 0 Å². The average molecular weight is 401 g/mol. The van der Waals surface area contributed by atoms with Gasteiger partial charge in [-0.1, -0.05) is 0 Å². The molecule has 28 heavy (non-hydrogen) atoms. The van der Waals surface area contributed by atoms with Gasteiger partial charge in [0.15, 0.2) is 0 Å². The lowest BCUT2D eigenvalue weighted by Crippen LogP contribution is -2.15. The van der Waals surface area contributed by atoms with E-state index < -0.39 is 16.6 Å². The number of nitrogens with zero attached hydrogens (tertiary/aromatic N) is 2. The van der Waals surface area contributed by atoms with Crippen molar-refractivity contribution in [2.75, 3.05) is 11.9 Å². The Morgan fingerprint density at radius 1 is 1.29 bits per heavy atom. The van der Waals surface area contributed by atoms with Crippen molar-refractivity contribution in [3.8, 4) is 16.3 Å². The number of benzene rings is 2. The van der Waals surface area contributed by atoms with Gasteiger partial charge in [-0.05, 0) is 37.3 Å². The average Bonchev–Trinajstić information content (AvgIpc) is 3.12. The number of anilines is 1. The number of thiazole rings is 1. The van der Waals surface area contributed by atoms with E-state index in [-0.39, 0.29) is 17.8 Å². The Morgan fingerprint density at radius 3 is 2.71 bits per heavy atom. The zero-order chi connectivity index (χ0) is 20.1. The Kier molecular flexibility index (Phi) is 5.95. The van der Waals surface area contributed by atoms with Crippen LogP contribution in [0, 0.1) is 15.9 Å². The predicted molar refractivity (Wildman–Crippen MR) is 104 cm³/mol. The first-order chi connectivity index (χ1) is 13.5. The monoisotopic (exact) mass is 401 g/mol. The van der Waals surface area contributed by atoms with Crippen LogP contribution in [0.25, 0.3) is 10.6 Å². The van der Waals surface area contributed by atoms with E-state index in [0.29, 0.717) is 12.3 Å². The van der Waals surface area contributed by atoms with E-state index in [1.165, 1.54) is 11.3 Å². The number of nitro groups is 1. The molecule has 0 bridgehead atoms. The van der Waals surface area contributed by atoms with Gasteiger partial charge in [-0.25, -0.2) is 9.37 Å². The summed E-state index contributed by atoms with van der Waals surface area (Å²) in [5.41, 5.74) is 0.881. The summed E-state index contributed by atoms with van der Waals surface area (Å²) in [6.07, 6.45) is -0.0737. The third-order valence-corrected chi connectivity index (χ3v) is 4.68. The van der Waals surface area contributed by atoms with Crippen LogP contribution in [-0.2, 0) is 11.2 Å². The first-order valence-corrected chi connectivity index (χ1v) is 9.25. The first kappa shape index (κ1) is 19.4. The molecule has 0 aliphatic carbocycles. The van der Waals surface area contributed by atoms with Crippen molar-refractivity contribution in [2.45, 2.75) is 13.3 Å². The maximum Gasteiger partial charge on any atom is 0.271 e. The van der Waals surface area contributed by atoms with Crippen molar-refractivity contribution in [3.05, 3.63) is 69.5 Å². The van der Waals surface area contributed by atoms with E-state index in [1.807, 2.05) is 31.2 Å². The number of rotatable bonds is 7. The van der Waals surface area contributed by atoms with Crippen molar-refractivity contribution >= 4 is 28.6 Å². The molecule has 9 heteroatoms. The molecule has 0 spiro atoms. The molecule has 0 atom stereocenters. The number of amides is 1. The summed E-state index contributed by atoms with van der Waals surface area (Å²) in [6.45, 7) is 2.49. The van der Waals surface area contributed by atoms with Crippen molar-refractivity contribution in [2.24, 2.45) is 0 Å². The van der Waals surface area contributed by atoms with E-state index in [9.17, 15) is 19.3 Å². The smallest absolute Gasteiger partial charge is 0.271 e. The molecule has 3 aromatic rings. The number of carbonyl (C=O) groups is 1. The van der Waals surface area contributed by atoms with Crippen molar-refractivity contribution in [1.82, 2.24) is 4.98 Å². The normalized spacial score (nSPS) is 10.5. The van der Waals surface area contributed by atoms with E-state index in [1.54, 1.807) is 5.38 Å². The second kappa shape index (κ2) is 8.57. The third kappa shape index (κ3) is 4.68. The largest absolute Gasteiger partial charge is 0.494 e. The molecule has 0 saturated heterocycles. The molecule has 2 aromatic carbocycles. The lowest BCUT2D eigenvalue weighted by Gasteiger charge is -2.05. The topological polar surface area (TPSA) is 94.4 Å². The summed E-state index contributed by atoms with van der Waals surface area (Å²) < 4.78 is 19.2. The molecule has 0 unspecified atom stereocenters. The Labute approximate surface area is 164 Å². The molecule has 0 aliphatic rings. The Hall–Kier alpha value is -3.33. The minimum absolute atomic E-state index is 0.0737. The van der Waals surface area contributed by atoms with Gasteiger partial charge in [-0.15, -0.1) is 11.3 Å². The van der Waals surface area contributed by atoms with Crippen LogP contribution in [-0.4, -0.2) is 22.4 Å². The number of hydrogen-bond acceptors (Lipinski definition) is 6. The van der Waals surface area contributed by atoms with Crippen LogP contribution < -0.4 is 10.1 Å². The van der Waals surface area contributed by atoms with Gasteiger partial charge in [0.2, 0.25) is 5.91 Å². The highest BCUT2D eigenvalue weighted by molar-refractivity contribution is 7.13. The molecule has 1 amide bonds. The number of halogens is 1. The van der Waals surface area contributed by atoms with Crippen molar-refractivity contribution in [1.29, 1.82) is 0 Å². The predicted octanol–water partition coefficient (Wildman–Crippen LogP) is 4.44. The van der Waals surface area contributed by atoms with Crippen LogP contribution in [0.15, 0.2) is 47.8 Å². The van der Waals surface area contributed by atoms with Crippen molar-refractivity contribution in [3.63, 3.8) is 0 Å². The van der Waals surface area contributed by atoms with Gasteiger partial charge < -0.3 is 10.1 Å². The van der Waals surface area contributed by atoms with Gasteiger partial charge in [0.25, 0.3) is 5.69 Å². The highest BCUT2D eigenvalue weighted by Gasteiger charge is 2.15. The summed E-state index contributed by atoms with van der Waals surface area (Å²) in [4.78, 5) is 26.7. The lowest BCUT2D eigenvalue weighted by atomic mass is 10.2. The zero-order valence-electron chi connectivity index (χ0n) is 14.8. The van der Waals surface area contributed by atoms with Crippen LogP contribution in [0.3, 0.4) is 0 Å². The molecule has 1 heterocycles. The van der Waals surface area contributed by atoms with E-state index in [2.05, 4.69) is 10.3 Å². The second-order valence-corrected chi connectivity index (χ2v) is 6.61. The Morgan fingerprint density at radius 2 is 2.04 bits per heavy atom. The van der Waals surface area contributed by atoms with Gasteiger partial charge in [0.1, 0.15) is 16.6 Å². The Balaban J connectivity index is 1.67. The number of aromatic nitrogens is 1. The van der Waals surface area contributed by atoms with Gasteiger partial charge >= 0.3 is 0 Å². The van der Waals surface area contributed by atoms with Crippen molar-refractivity contribution < 1.29 is 18.8 Å². The first-order valence-electron chi connectivity index (χ1n) is 8.37. The molecule has 144 valence electrons. The van der Waals surface area contributed by atoms with Gasteiger partial charge in [0, 0.05) is 23.1 Å². The molecule has 7 nitrogen and oxygen atoms in total. The Bertz CT molecular complexity index is 1000. The lowest BCUT2D eigenvalue weighted by molar-refractivity contribution is -0.384. The molecule has 1 aromatic heterocycles. The fourth-order valence-electron chi connectivity index (χ4n) is 2.46. The summed E-state index contributed by atoms with van der Waals surface area (Å²) >= 11 is 1.38. The maximum absolute atomic E-state index is 13.8. The maximum atomic E-state index is 13.8. The molecular weight excluding hydrogens is 385 g/mol. The molecule has 0 aliphatic heterocycles. The van der Waals surface area contributed by atoms with Crippen LogP contribution >= 0.6 is 11.3 Å². The third-order valence-electron chi connectivity index (χ3n) is 3.74. The van der Waals surface area contributed by atoms with E-state index in [4.69, 9.17) is 4.74 Å². The molecule has 0 radical (unpaired) electrons. The fourth-order valence-corrected chi connectivity index (χ4v) is 3.29. The minimum Gasteiger partial charge on any atom is -0.494 e. The number of ether oxygens (including phenoxy) is 1. The minimum atomic E-state index is -0.743. The molecule has 0 fully saturated rings. The number of nitro benzene ring substituents is 1. The number of carbonyl (C=O) groups excluding carboxylic acids is 1. The van der Waals surface area contributed by atoms with E-state index in [0.717, 1.165) is 34.5 Å². The molecule has 0 saturated carbocycles. The number of non-ortho nitro benzene ring substituents is 1. The van der Waals surface area contributed by atoms with Crippen LogP contribution in [0.1, 0.15) is 12.6 Å². The zero-order valence-corrected chi connectivity index (χ0v) is 15.7.